The van der Waals surface area contributed by atoms with E-state index < -0.39 is 23.5 Å². The lowest BCUT2D eigenvalue weighted by atomic mass is 10.1. The van der Waals surface area contributed by atoms with E-state index >= 15 is 0 Å². The fraction of sp³-hybridized carbons (Fsp3) is 0.364. The predicted octanol–water partition coefficient (Wildman–Crippen LogP) is 1.79. The van der Waals surface area contributed by atoms with E-state index in [2.05, 4.69) is 10.6 Å². The first-order valence-corrected chi connectivity index (χ1v) is 5.16. The highest BCUT2D eigenvalue weighted by atomic mass is 19.4. The number of alkyl halides is 3. The summed E-state index contributed by atoms with van der Waals surface area (Å²) in [4.78, 5) is 11.5. The number of amides is 1. The van der Waals surface area contributed by atoms with Gasteiger partial charge in [0.2, 0.25) is 0 Å². The van der Waals surface area contributed by atoms with E-state index in [0.717, 1.165) is 6.07 Å². The third-order valence-corrected chi connectivity index (χ3v) is 2.19. The molecule has 7 heteroatoms. The highest BCUT2D eigenvalue weighted by Gasteiger charge is 2.34. The standard InChI is InChI=1S/C11H12F4N2O/c1-16-4-5-17-10(18)7-2-3-9(12)8(6-7)11(13,14)15/h2-3,6,16H,4-5H2,1H3,(H,17,18). The summed E-state index contributed by atoms with van der Waals surface area (Å²) in [5.41, 5.74) is -1.66. The first kappa shape index (κ1) is 14.4. The van der Waals surface area contributed by atoms with Gasteiger partial charge in [0.25, 0.3) is 5.91 Å². The second kappa shape index (κ2) is 5.81. The van der Waals surface area contributed by atoms with Crippen molar-refractivity contribution in [1.82, 2.24) is 10.6 Å². The molecule has 0 unspecified atom stereocenters. The molecule has 1 aromatic carbocycles. The second-order valence-electron chi connectivity index (χ2n) is 3.55. The normalized spacial score (nSPS) is 11.4. The first-order chi connectivity index (χ1) is 8.36. The zero-order valence-electron chi connectivity index (χ0n) is 9.57. The minimum Gasteiger partial charge on any atom is -0.351 e. The number of carbonyl (C=O) groups excluding carboxylic acids is 1. The number of likely N-dealkylation sites (N-methyl/N-ethyl adjacent to an activating group) is 1. The molecule has 18 heavy (non-hydrogen) atoms. The van der Waals surface area contributed by atoms with Crippen LogP contribution in [-0.2, 0) is 6.18 Å². The van der Waals surface area contributed by atoms with Gasteiger partial charge in [-0.25, -0.2) is 4.39 Å². The van der Waals surface area contributed by atoms with Crippen molar-refractivity contribution in [3.63, 3.8) is 0 Å². The van der Waals surface area contributed by atoms with Gasteiger partial charge in [-0.05, 0) is 25.2 Å². The van der Waals surface area contributed by atoms with Gasteiger partial charge in [0.1, 0.15) is 5.82 Å². The smallest absolute Gasteiger partial charge is 0.351 e. The molecule has 100 valence electrons. The fourth-order valence-electron chi connectivity index (χ4n) is 1.29. The maximum atomic E-state index is 13.0. The van der Waals surface area contributed by atoms with Crippen molar-refractivity contribution in [3.8, 4) is 0 Å². The minimum atomic E-state index is -4.81. The van der Waals surface area contributed by atoms with Crippen LogP contribution in [0.15, 0.2) is 18.2 Å². The van der Waals surface area contributed by atoms with Gasteiger partial charge in [-0.3, -0.25) is 4.79 Å². The Kier molecular flexibility index (Phi) is 4.66. The molecular formula is C11H12F4N2O. The van der Waals surface area contributed by atoms with Crippen LogP contribution in [0.5, 0.6) is 0 Å². The Morgan fingerprint density at radius 2 is 1.94 bits per heavy atom. The van der Waals surface area contributed by atoms with E-state index in [1.807, 2.05) is 0 Å². The molecule has 1 rings (SSSR count). The molecule has 2 N–H and O–H groups in total. The van der Waals surface area contributed by atoms with E-state index in [1.165, 1.54) is 0 Å². The lowest BCUT2D eigenvalue weighted by Crippen LogP contribution is -2.30. The lowest BCUT2D eigenvalue weighted by molar-refractivity contribution is -0.140. The topological polar surface area (TPSA) is 41.1 Å². The molecule has 0 aromatic heterocycles. The van der Waals surface area contributed by atoms with Crippen LogP contribution in [-0.4, -0.2) is 26.0 Å². The van der Waals surface area contributed by atoms with Crippen molar-refractivity contribution in [3.05, 3.63) is 35.1 Å². The monoisotopic (exact) mass is 264 g/mol. The molecule has 0 saturated carbocycles. The second-order valence-corrected chi connectivity index (χ2v) is 3.55. The van der Waals surface area contributed by atoms with Gasteiger partial charge in [-0.2, -0.15) is 13.2 Å². The van der Waals surface area contributed by atoms with Crippen LogP contribution in [0.2, 0.25) is 0 Å². The fourth-order valence-corrected chi connectivity index (χ4v) is 1.29. The van der Waals surface area contributed by atoms with Crippen molar-refractivity contribution < 1.29 is 22.4 Å². The Morgan fingerprint density at radius 3 is 2.50 bits per heavy atom. The Balaban J connectivity index is 2.88. The van der Waals surface area contributed by atoms with Crippen molar-refractivity contribution in [2.75, 3.05) is 20.1 Å². The molecule has 3 nitrogen and oxygen atoms in total. The predicted molar refractivity (Wildman–Crippen MR) is 57.7 cm³/mol. The number of hydrogen-bond donors (Lipinski definition) is 2. The van der Waals surface area contributed by atoms with Gasteiger partial charge in [-0.1, -0.05) is 0 Å². The number of halogens is 4. The molecule has 1 aromatic rings. The minimum absolute atomic E-state index is 0.222. The quantitative estimate of drug-likeness (QED) is 0.643. The van der Waals surface area contributed by atoms with Gasteiger partial charge in [-0.15, -0.1) is 0 Å². The number of hydrogen-bond acceptors (Lipinski definition) is 2. The van der Waals surface area contributed by atoms with Gasteiger partial charge in [0.05, 0.1) is 5.56 Å². The van der Waals surface area contributed by atoms with Crippen LogP contribution in [0.3, 0.4) is 0 Å². The molecule has 0 saturated heterocycles. The van der Waals surface area contributed by atoms with Gasteiger partial charge in [0, 0.05) is 18.7 Å². The zero-order valence-corrected chi connectivity index (χ0v) is 9.57. The summed E-state index contributed by atoms with van der Waals surface area (Å²) in [6, 6.07) is 2.15. The number of rotatable bonds is 4. The number of carbonyl (C=O) groups is 1. The van der Waals surface area contributed by atoms with E-state index in [0.29, 0.717) is 18.7 Å². The van der Waals surface area contributed by atoms with E-state index in [4.69, 9.17) is 0 Å². The average Bonchev–Trinajstić information content (AvgIpc) is 2.28. The highest BCUT2D eigenvalue weighted by molar-refractivity contribution is 5.94. The molecule has 0 aliphatic rings. The van der Waals surface area contributed by atoms with Crippen LogP contribution in [0, 0.1) is 5.82 Å². The van der Waals surface area contributed by atoms with E-state index in [1.54, 1.807) is 7.05 Å². The van der Waals surface area contributed by atoms with Gasteiger partial charge in [0.15, 0.2) is 0 Å². The van der Waals surface area contributed by atoms with E-state index in [-0.39, 0.29) is 12.1 Å². The van der Waals surface area contributed by atoms with Crippen LogP contribution in [0.25, 0.3) is 0 Å². The molecule has 0 aliphatic carbocycles. The summed E-state index contributed by atoms with van der Waals surface area (Å²) >= 11 is 0. The van der Waals surface area contributed by atoms with Crippen LogP contribution in [0.4, 0.5) is 17.6 Å². The largest absolute Gasteiger partial charge is 0.419 e. The van der Waals surface area contributed by atoms with Crippen molar-refractivity contribution in [2.45, 2.75) is 6.18 Å². The summed E-state index contributed by atoms with van der Waals surface area (Å²) in [5.74, 6) is -2.06. The van der Waals surface area contributed by atoms with Crippen LogP contribution < -0.4 is 10.6 Å². The summed E-state index contributed by atoms with van der Waals surface area (Å²) in [6.07, 6.45) is -4.81. The molecule has 0 heterocycles. The first-order valence-electron chi connectivity index (χ1n) is 5.16. The van der Waals surface area contributed by atoms with Crippen molar-refractivity contribution >= 4 is 5.91 Å². The maximum absolute atomic E-state index is 13.0. The number of benzene rings is 1. The molecule has 0 fully saturated rings. The maximum Gasteiger partial charge on any atom is 0.419 e. The van der Waals surface area contributed by atoms with Gasteiger partial charge < -0.3 is 10.6 Å². The Labute approximate surface area is 101 Å². The third-order valence-electron chi connectivity index (χ3n) is 2.19. The molecule has 1 amide bonds. The third kappa shape index (κ3) is 3.69. The number of nitrogens with one attached hydrogen (secondary N) is 2. The SMILES string of the molecule is CNCCNC(=O)c1ccc(F)c(C(F)(F)F)c1. The Morgan fingerprint density at radius 1 is 1.28 bits per heavy atom. The molecule has 0 atom stereocenters. The molecule has 0 radical (unpaired) electrons. The summed E-state index contributed by atoms with van der Waals surface area (Å²) in [7, 11) is 1.67. The van der Waals surface area contributed by atoms with Crippen molar-refractivity contribution in [2.24, 2.45) is 0 Å². The average molecular weight is 264 g/mol. The molecular weight excluding hydrogens is 252 g/mol. The van der Waals surface area contributed by atoms with E-state index in [9.17, 15) is 22.4 Å². The summed E-state index contributed by atoms with van der Waals surface area (Å²) in [5, 5.41) is 5.17. The lowest BCUT2D eigenvalue weighted by Gasteiger charge is -2.10. The van der Waals surface area contributed by atoms with Crippen molar-refractivity contribution in [1.29, 1.82) is 0 Å². The Hall–Kier alpha value is -1.63. The highest BCUT2D eigenvalue weighted by Crippen LogP contribution is 2.31. The zero-order chi connectivity index (χ0) is 13.8. The Bertz CT molecular complexity index is 432. The summed E-state index contributed by atoms with van der Waals surface area (Å²) in [6.45, 7) is 0.757. The van der Waals surface area contributed by atoms with Gasteiger partial charge >= 0.3 is 6.18 Å². The summed E-state index contributed by atoms with van der Waals surface area (Å²) < 4.78 is 50.2. The molecule has 0 bridgehead atoms. The van der Waals surface area contributed by atoms with Crippen LogP contribution in [0.1, 0.15) is 15.9 Å². The van der Waals surface area contributed by atoms with Crippen LogP contribution >= 0.6 is 0 Å². The molecule has 0 spiro atoms. The molecule has 0 aliphatic heterocycles.